The highest BCUT2D eigenvalue weighted by molar-refractivity contribution is 5.94. The van der Waals surface area contributed by atoms with Gasteiger partial charge in [-0.2, -0.15) is 5.26 Å². The molecule has 0 aliphatic rings. The van der Waals surface area contributed by atoms with Crippen LogP contribution in [0.15, 0.2) is 42.9 Å². The Morgan fingerprint density at radius 3 is 2.62 bits per heavy atom. The van der Waals surface area contributed by atoms with E-state index in [0.29, 0.717) is 11.3 Å². The SMILES string of the molecule is N#Cc1ccc(NC(=O)COC(=O)c2cnccn2)cc1. The van der Waals surface area contributed by atoms with Gasteiger partial charge in [-0.25, -0.2) is 9.78 Å². The summed E-state index contributed by atoms with van der Waals surface area (Å²) < 4.78 is 4.80. The van der Waals surface area contributed by atoms with Crippen molar-refractivity contribution in [2.24, 2.45) is 0 Å². The Morgan fingerprint density at radius 2 is 2.00 bits per heavy atom. The van der Waals surface area contributed by atoms with Crippen LogP contribution in [0.3, 0.4) is 0 Å². The summed E-state index contributed by atoms with van der Waals surface area (Å²) in [6.45, 7) is -0.435. The summed E-state index contributed by atoms with van der Waals surface area (Å²) in [6, 6.07) is 8.28. The van der Waals surface area contributed by atoms with Crippen molar-refractivity contribution in [1.29, 1.82) is 5.26 Å². The van der Waals surface area contributed by atoms with Crippen molar-refractivity contribution in [2.75, 3.05) is 11.9 Å². The second-order valence-corrected chi connectivity index (χ2v) is 3.90. The number of nitrogens with zero attached hydrogens (tertiary/aromatic N) is 3. The van der Waals surface area contributed by atoms with Crippen LogP contribution < -0.4 is 5.32 Å². The molecule has 0 unspecified atom stereocenters. The third-order valence-electron chi connectivity index (χ3n) is 2.40. The highest BCUT2D eigenvalue weighted by atomic mass is 16.5. The van der Waals surface area contributed by atoms with Gasteiger partial charge >= 0.3 is 5.97 Å². The normalized spacial score (nSPS) is 9.48. The number of hydrogen-bond acceptors (Lipinski definition) is 6. The van der Waals surface area contributed by atoms with E-state index in [-0.39, 0.29) is 5.69 Å². The number of esters is 1. The van der Waals surface area contributed by atoms with E-state index in [1.165, 1.54) is 18.6 Å². The average molecular weight is 282 g/mol. The van der Waals surface area contributed by atoms with Crippen molar-refractivity contribution in [1.82, 2.24) is 9.97 Å². The Hall–Kier alpha value is -3.27. The van der Waals surface area contributed by atoms with E-state index in [0.717, 1.165) is 0 Å². The molecule has 1 aromatic heterocycles. The largest absolute Gasteiger partial charge is 0.451 e. The van der Waals surface area contributed by atoms with Crippen LogP contribution in [0, 0.1) is 11.3 Å². The zero-order chi connectivity index (χ0) is 15.1. The van der Waals surface area contributed by atoms with Gasteiger partial charge in [0, 0.05) is 18.1 Å². The molecule has 1 heterocycles. The zero-order valence-corrected chi connectivity index (χ0v) is 10.8. The first-order valence-corrected chi connectivity index (χ1v) is 5.92. The number of carbonyl (C=O) groups is 2. The highest BCUT2D eigenvalue weighted by Crippen LogP contribution is 2.08. The fourth-order valence-corrected chi connectivity index (χ4v) is 1.43. The fraction of sp³-hybridized carbons (Fsp3) is 0.0714. The molecule has 1 N–H and O–H groups in total. The number of benzene rings is 1. The summed E-state index contributed by atoms with van der Waals surface area (Å²) in [5.74, 6) is -1.21. The van der Waals surface area contributed by atoms with Crippen molar-refractivity contribution in [2.45, 2.75) is 0 Å². The van der Waals surface area contributed by atoms with Gasteiger partial charge in [0.05, 0.1) is 17.8 Å². The van der Waals surface area contributed by atoms with Crippen LogP contribution in [-0.4, -0.2) is 28.5 Å². The number of nitrogens with one attached hydrogen (secondary N) is 1. The molecule has 0 saturated carbocycles. The summed E-state index contributed by atoms with van der Waals surface area (Å²) in [5, 5.41) is 11.2. The molecule has 7 nitrogen and oxygen atoms in total. The maximum Gasteiger partial charge on any atom is 0.359 e. The molecule has 0 aliphatic heterocycles. The first-order chi connectivity index (χ1) is 10.2. The monoisotopic (exact) mass is 282 g/mol. The van der Waals surface area contributed by atoms with Crippen LogP contribution in [0.2, 0.25) is 0 Å². The summed E-state index contributed by atoms with van der Waals surface area (Å²) in [4.78, 5) is 30.6. The van der Waals surface area contributed by atoms with E-state index in [2.05, 4.69) is 15.3 Å². The number of aromatic nitrogens is 2. The minimum atomic E-state index is -0.724. The van der Waals surface area contributed by atoms with Crippen LogP contribution in [0.5, 0.6) is 0 Å². The molecule has 0 fully saturated rings. The van der Waals surface area contributed by atoms with Crippen LogP contribution in [0.1, 0.15) is 16.1 Å². The number of rotatable bonds is 4. The van der Waals surface area contributed by atoms with Gasteiger partial charge < -0.3 is 10.1 Å². The molecule has 2 rings (SSSR count). The van der Waals surface area contributed by atoms with Crippen molar-refractivity contribution < 1.29 is 14.3 Å². The topological polar surface area (TPSA) is 105 Å². The molecule has 2 aromatic rings. The molecule has 0 aliphatic carbocycles. The van der Waals surface area contributed by atoms with Crippen molar-refractivity contribution >= 4 is 17.6 Å². The second-order valence-electron chi connectivity index (χ2n) is 3.90. The molecule has 104 valence electrons. The van der Waals surface area contributed by atoms with E-state index < -0.39 is 18.5 Å². The lowest BCUT2D eigenvalue weighted by Gasteiger charge is -2.06. The highest BCUT2D eigenvalue weighted by Gasteiger charge is 2.11. The molecule has 0 radical (unpaired) electrons. The first-order valence-electron chi connectivity index (χ1n) is 5.92. The molecule has 1 aromatic carbocycles. The number of amides is 1. The lowest BCUT2D eigenvalue weighted by atomic mass is 10.2. The Labute approximate surface area is 120 Å². The molecule has 21 heavy (non-hydrogen) atoms. The predicted molar refractivity (Wildman–Crippen MR) is 72.1 cm³/mol. The standard InChI is InChI=1S/C14H10N4O3/c15-7-10-1-3-11(4-2-10)18-13(19)9-21-14(20)12-8-16-5-6-17-12/h1-6,8H,9H2,(H,18,19). The molecule has 0 bridgehead atoms. The number of nitriles is 1. The third kappa shape index (κ3) is 4.11. The number of anilines is 1. The van der Waals surface area contributed by atoms with Crippen LogP contribution >= 0.6 is 0 Å². The number of ether oxygens (including phenoxy) is 1. The third-order valence-corrected chi connectivity index (χ3v) is 2.40. The van der Waals surface area contributed by atoms with Gasteiger partial charge in [0.2, 0.25) is 0 Å². The first kappa shape index (κ1) is 14.1. The number of carbonyl (C=O) groups excluding carboxylic acids is 2. The van der Waals surface area contributed by atoms with E-state index in [1.54, 1.807) is 24.3 Å². The van der Waals surface area contributed by atoms with Crippen LogP contribution in [-0.2, 0) is 9.53 Å². The Morgan fingerprint density at radius 1 is 1.24 bits per heavy atom. The predicted octanol–water partition coefficient (Wildman–Crippen LogP) is 1.14. The quantitative estimate of drug-likeness (QED) is 0.843. The van der Waals surface area contributed by atoms with E-state index in [4.69, 9.17) is 10.00 Å². The fourth-order valence-electron chi connectivity index (χ4n) is 1.43. The Bertz CT molecular complexity index is 678. The maximum atomic E-state index is 11.6. The molecule has 0 spiro atoms. The molecule has 0 atom stereocenters. The van der Waals surface area contributed by atoms with Gasteiger partial charge in [0.1, 0.15) is 0 Å². The average Bonchev–Trinajstić information content (AvgIpc) is 2.54. The maximum absolute atomic E-state index is 11.6. The van der Waals surface area contributed by atoms with Gasteiger partial charge in [-0.3, -0.25) is 9.78 Å². The summed E-state index contributed by atoms with van der Waals surface area (Å²) in [6.07, 6.45) is 4.03. The van der Waals surface area contributed by atoms with Crippen LogP contribution in [0.4, 0.5) is 5.69 Å². The molecular weight excluding hydrogens is 272 g/mol. The van der Waals surface area contributed by atoms with Gasteiger partial charge in [-0.15, -0.1) is 0 Å². The molecule has 7 heteroatoms. The van der Waals surface area contributed by atoms with E-state index in [9.17, 15) is 9.59 Å². The van der Waals surface area contributed by atoms with Gasteiger partial charge in [0.25, 0.3) is 5.91 Å². The molecular formula is C14H10N4O3. The number of hydrogen-bond donors (Lipinski definition) is 1. The summed E-state index contributed by atoms with van der Waals surface area (Å²) in [5.41, 5.74) is 1.03. The second kappa shape index (κ2) is 6.77. The summed E-state index contributed by atoms with van der Waals surface area (Å²) in [7, 11) is 0. The van der Waals surface area contributed by atoms with Crippen molar-refractivity contribution in [3.63, 3.8) is 0 Å². The van der Waals surface area contributed by atoms with Crippen molar-refractivity contribution in [3.05, 3.63) is 54.1 Å². The van der Waals surface area contributed by atoms with Gasteiger partial charge in [0.15, 0.2) is 12.3 Å². The minimum Gasteiger partial charge on any atom is -0.451 e. The Kier molecular flexibility index (Phi) is 4.56. The lowest BCUT2D eigenvalue weighted by molar-refractivity contribution is -0.119. The summed E-state index contributed by atoms with van der Waals surface area (Å²) >= 11 is 0. The molecule has 1 amide bonds. The van der Waals surface area contributed by atoms with E-state index >= 15 is 0 Å². The van der Waals surface area contributed by atoms with Gasteiger partial charge in [-0.1, -0.05) is 0 Å². The zero-order valence-electron chi connectivity index (χ0n) is 10.8. The van der Waals surface area contributed by atoms with Crippen LogP contribution in [0.25, 0.3) is 0 Å². The van der Waals surface area contributed by atoms with Crippen molar-refractivity contribution in [3.8, 4) is 6.07 Å². The Balaban J connectivity index is 1.85. The lowest BCUT2D eigenvalue weighted by Crippen LogP contribution is -2.21. The molecule has 0 saturated heterocycles. The van der Waals surface area contributed by atoms with Gasteiger partial charge in [-0.05, 0) is 24.3 Å². The minimum absolute atomic E-state index is 0.0312. The smallest absolute Gasteiger partial charge is 0.359 e. The van der Waals surface area contributed by atoms with E-state index in [1.807, 2.05) is 6.07 Å².